The van der Waals surface area contributed by atoms with E-state index < -0.39 is 71.2 Å². The smallest absolute Gasteiger partial charge is 0.306 e. The van der Waals surface area contributed by atoms with Crippen molar-refractivity contribution in [1.82, 2.24) is 0 Å². The number of carbonyl (C=O) groups excluding carboxylic acids is 2. The maximum atomic E-state index is 12.8. The minimum absolute atomic E-state index is 0.137. The van der Waals surface area contributed by atoms with E-state index in [1.807, 2.05) is 24.3 Å². The molecule has 0 bridgehead atoms. The molecule has 0 aliphatic carbocycles. The second kappa shape index (κ2) is 37.6. The van der Waals surface area contributed by atoms with Crippen molar-refractivity contribution in [3.63, 3.8) is 0 Å². The van der Waals surface area contributed by atoms with E-state index in [1.54, 1.807) is 0 Å². The topological polar surface area (TPSA) is 186 Å². The lowest BCUT2D eigenvalue weighted by Crippen LogP contribution is -2.60. The largest absolute Gasteiger partial charge is 0.462 e. The first-order valence-corrected chi connectivity index (χ1v) is 24.6. The molecule has 1 fully saturated rings. The van der Waals surface area contributed by atoms with Gasteiger partial charge in [0.15, 0.2) is 12.4 Å². The highest BCUT2D eigenvalue weighted by Gasteiger charge is 2.46. The molecule has 61 heavy (non-hydrogen) atoms. The second-order valence-corrected chi connectivity index (χ2v) is 17.2. The summed E-state index contributed by atoms with van der Waals surface area (Å²) in [4.78, 5) is 25.4. The summed E-state index contributed by atoms with van der Waals surface area (Å²) in [6, 6.07) is 0. The number of allylic oxidation sites excluding steroid dienone is 12. The Morgan fingerprint density at radius 2 is 1.07 bits per heavy atom. The van der Waals surface area contributed by atoms with Crippen LogP contribution >= 0.6 is 0 Å². The Bertz CT molecular complexity index is 1400. The van der Waals surface area contributed by atoms with Crippen LogP contribution in [0.4, 0.5) is 0 Å². The van der Waals surface area contributed by atoms with Gasteiger partial charge in [-0.1, -0.05) is 157 Å². The Morgan fingerprint density at radius 1 is 0.574 bits per heavy atom. The van der Waals surface area contributed by atoms with Crippen LogP contribution in [-0.4, -0.2) is 96.0 Å². The zero-order valence-corrected chi connectivity index (χ0v) is 38.1. The number of rotatable bonds is 37. The Balaban J connectivity index is 2.41. The fraction of sp³-hybridized carbons (Fsp3) is 0.708. The molecule has 0 spiro atoms. The molecule has 0 saturated carbocycles. The number of carbonyl (C=O) groups is 2. The number of aliphatic hydroxyl groups is 3. The van der Waals surface area contributed by atoms with Gasteiger partial charge in [0.2, 0.25) is 0 Å². The van der Waals surface area contributed by atoms with Crippen molar-refractivity contribution in [3.05, 3.63) is 72.9 Å². The molecule has 0 aromatic carbocycles. The van der Waals surface area contributed by atoms with E-state index >= 15 is 0 Å². The summed E-state index contributed by atoms with van der Waals surface area (Å²) in [6.45, 7) is 3.49. The standard InChI is InChI=1S/C48H80O12S/c1-3-5-7-9-11-13-15-17-18-19-20-21-22-23-25-26-28-30-32-34-36-43(49)57-38-41(39-58-48-47(53)46(52)45(51)42(60-48)40-61(54,55)56)59-44(50)37-35-33-31-29-27-24-16-14-12-10-8-6-4-2/h5-8,10-14,16-18,41-42,45-48,51-53H,3-4,9,15,19-40H2,1-2H3,(H,54,55,56)/b7-5+,8-6+,12-10+,13-11+,16-14+,18-17+/t41?,42-,45-,46?,47?,48+/m1/s1. The SMILES string of the molecule is CC/C=C/C=C/C=C/CCCCCCCC(=O)OC(COC(=O)CCCCCCCCCCCC/C=C/C/C=C/C/C=C/CC)CO[C@H]1O[C@H](CS(=O)(=O)O)[C@@H](O)C(O)C1O. The quantitative estimate of drug-likeness (QED) is 0.0153. The van der Waals surface area contributed by atoms with E-state index in [9.17, 15) is 37.9 Å². The third kappa shape index (κ3) is 32.4. The number of hydrogen-bond donors (Lipinski definition) is 4. The lowest BCUT2D eigenvalue weighted by molar-refractivity contribution is -0.297. The van der Waals surface area contributed by atoms with Crippen molar-refractivity contribution >= 4 is 22.1 Å². The van der Waals surface area contributed by atoms with Crippen LogP contribution in [0.15, 0.2) is 72.9 Å². The van der Waals surface area contributed by atoms with Gasteiger partial charge in [0, 0.05) is 12.8 Å². The van der Waals surface area contributed by atoms with E-state index in [2.05, 4.69) is 62.5 Å². The maximum absolute atomic E-state index is 12.8. The van der Waals surface area contributed by atoms with Crippen LogP contribution < -0.4 is 0 Å². The lowest BCUT2D eigenvalue weighted by Gasteiger charge is -2.40. The van der Waals surface area contributed by atoms with Gasteiger partial charge in [0.05, 0.1) is 6.61 Å². The van der Waals surface area contributed by atoms with Gasteiger partial charge in [-0.2, -0.15) is 8.42 Å². The van der Waals surface area contributed by atoms with Gasteiger partial charge in [-0.05, 0) is 64.2 Å². The molecule has 350 valence electrons. The van der Waals surface area contributed by atoms with E-state index in [-0.39, 0.29) is 19.4 Å². The first-order chi connectivity index (χ1) is 29.5. The molecule has 1 rings (SSSR count). The molecule has 3 unspecified atom stereocenters. The monoisotopic (exact) mass is 881 g/mol. The molecule has 1 saturated heterocycles. The Morgan fingerprint density at radius 3 is 1.64 bits per heavy atom. The molecule has 0 amide bonds. The number of hydrogen-bond acceptors (Lipinski definition) is 11. The van der Waals surface area contributed by atoms with Crippen LogP contribution in [0.2, 0.25) is 0 Å². The third-order valence-electron chi connectivity index (χ3n) is 10.1. The first-order valence-electron chi connectivity index (χ1n) is 23.0. The number of aliphatic hydroxyl groups excluding tert-OH is 3. The molecule has 1 aliphatic heterocycles. The second-order valence-electron chi connectivity index (χ2n) is 15.7. The molecule has 0 aromatic rings. The molecule has 1 aliphatic rings. The molecule has 0 aromatic heterocycles. The normalized spacial score (nSPS) is 20.7. The summed E-state index contributed by atoms with van der Waals surface area (Å²) >= 11 is 0. The van der Waals surface area contributed by atoms with Crippen molar-refractivity contribution in [1.29, 1.82) is 0 Å². The number of unbranched alkanes of at least 4 members (excludes halogenated alkanes) is 15. The van der Waals surface area contributed by atoms with Gasteiger partial charge in [0.25, 0.3) is 10.1 Å². The fourth-order valence-corrected chi connectivity index (χ4v) is 7.26. The summed E-state index contributed by atoms with van der Waals surface area (Å²) in [5, 5.41) is 30.9. The summed E-state index contributed by atoms with van der Waals surface area (Å²) in [5.74, 6) is -2.02. The number of esters is 2. The minimum Gasteiger partial charge on any atom is -0.462 e. The van der Waals surface area contributed by atoms with Gasteiger partial charge < -0.3 is 34.3 Å². The van der Waals surface area contributed by atoms with Crippen LogP contribution in [0.3, 0.4) is 0 Å². The molecule has 12 nitrogen and oxygen atoms in total. The van der Waals surface area contributed by atoms with Crippen molar-refractivity contribution in [3.8, 4) is 0 Å². The summed E-state index contributed by atoms with van der Waals surface area (Å²) in [6.07, 6.45) is 38.1. The van der Waals surface area contributed by atoms with Gasteiger partial charge >= 0.3 is 11.9 Å². The minimum atomic E-state index is -4.61. The van der Waals surface area contributed by atoms with Crippen molar-refractivity contribution in [2.45, 2.75) is 198 Å². The molecule has 13 heteroatoms. The Hall–Kier alpha value is -2.91. The molecular weight excluding hydrogens is 801 g/mol. The van der Waals surface area contributed by atoms with Crippen LogP contribution in [-0.2, 0) is 38.7 Å². The lowest BCUT2D eigenvalue weighted by atomic mass is 10.00. The van der Waals surface area contributed by atoms with Crippen LogP contribution in [0.1, 0.15) is 162 Å². The first kappa shape index (κ1) is 56.1. The van der Waals surface area contributed by atoms with E-state index in [0.717, 1.165) is 83.5 Å². The highest BCUT2D eigenvalue weighted by Crippen LogP contribution is 2.24. The zero-order chi connectivity index (χ0) is 44.8. The Kier molecular flexibility index (Phi) is 34.6. The van der Waals surface area contributed by atoms with Gasteiger partial charge in [-0.3, -0.25) is 14.1 Å². The van der Waals surface area contributed by atoms with E-state index in [1.165, 1.54) is 38.5 Å². The van der Waals surface area contributed by atoms with E-state index in [4.69, 9.17) is 18.9 Å². The van der Waals surface area contributed by atoms with Crippen LogP contribution in [0.25, 0.3) is 0 Å². The maximum Gasteiger partial charge on any atom is 0.306 e. The van der Waals surface area contributed by atoms with Crippen molar-refractivity contribution in [2.24, 2.45) is 0 Å². The van der Waals surface area contributed by atoms with Crippen molar-refractivity contribution < 1.29 is 56.8 Å². The molecule has 1 heterocycles. The number of ether oxygens (including phenoxy) is 4. The fourth-order valence-electron chi connectivity index (χ4n) is 6.57. The summed E-state index contributed by atoms with van der Waals surface area (Å²) in [5.41, 5.74) is 0. The van der Waals surface area contributed by atoms with Crippen LogP contribution in [0, 0.1) is 0 Å². The average Bonchev–Trinajstić information content (AvgIpc) is 3.22. The Labute approximate surface area is 368 Å². The highest BCUT2D eigenvalue weighted by molar-refractivity contribution is 7.85. The zero-order valence-electron chi connectivity index (χ0n) is 37.2. The summed E-state index contributed by atoms with van der Waals surface area (Å²) < 4.78 is 54.0. The van der Waals surface area contributed by atoms with Crippen molar-refractivity contribution in [2.75, 3.05) is 19.0 Å². The molecule has 6 atom stereocenters. The third-order valence-corrected chi connectivity index (χ3v) is 10.8. The summed E-state index contributed by atoms with van der Waals surface area (Å²) in [7, 11) is -4.61. The predicted octanol–water partition coefficient (Wildman–Crippen LogP) is 9.50. The van der Waals surface area contributed by atoms with Gasteiger partial charge in [-0.15, -0.1) is 0 Å². The van der Waals surface area contributed by atoms with E-state index in [0.29, 0.717) is 12.8 Å². The predicted molar refractivity (Wildman–Crippen MR) is 242 cm³/mol. The molecule has 4 N–H and O–H groups in total. The van der Waals surface area contributed by atoms with Gasteiger partial charge in [-0.25, -0.2) is 0 Å². The van der Waals surface area contributed by atoms with Gasteiger partial charge in [0.1, 0.15) is 36.8 Å². The van der Waals surface area contributed by atoms with Crippen LogP contribution in [0.5, 0.6) is 0 Å². The average molecular weight is 881 g/mol. The molecular formula is C48H80O12S. The highest BCUT2D eigenvalue weighted by atomic mass is 32.2. The molecule has 0 radical (unpaired) electrons.